The van der Waals surface area contributed by atoms with Gasteiger partial charge in [0.2, 0.25) is 0 Å². The highest BCUT2D eigenvalue weighted by atomic mass is 16.3. The fourth-order valence-corrected chi connectivity index (χ4v) is 2.09. The van der Waals surface area contributed by atoms with Crippen molar-refractivity contribution in [1.82, 2.24) is 9.88 Å². The maximum absolute atomic E-state index is 9.08. The van der Waals surface area contributed by atoms with E-state index in [1.54, 1.807) is 0 Å². The number of aromatic nitrogens is 1. The molecule has 1 heterocycles. The molecule has 1 aromatic carbocycles. The first-order chi connectivity index (χ1) is 8.83. The fraction of sp³-hybridized carbons (Fsp3) is 0.333. The number of hydrogen-bond donors (Lipinski definition) is 2. The third-order valence-corrected chi connectivity index (χ3v) is 3.07. The van der Waals surface area contributed by atoms with E-state index >= 15 is 0 Å². The largest absolute Gasteiger partial charge is 0.392 e. The van der Waals surface area contributed by atoms with Gasteiger partial charge in [-0.1, -0.05) is 24.3 Å². The van der Waals surface area contributed by atoms with E-state index in [1.807, 2.05) is 18.2 Å². The Morgan fingerprint density at radius 2 is 1.94 bits per heavy atom. The zero-order valence-corrected chi connectivity index (χ0v) is 10.8. The Bertz CT molecular complexity index is 491. The minimum absolute atomic E-state index is 0.104. The zero-order valence-electron chi connectivity index (χ0n) is 10.8. The molecule has 2 aromatic rings. The summed E-state index contributed by atoms with van der Waals surface area (Å²) in [5, 5.41) is 12.5. The van der Waals surface area contributed by atoms with E-state index in [2.05, 4.69) is 41.2 Å². The molecule has 2 rings (SSSR count). The Balaban J connectivity index is 1.88. The molecule has 0 atom stereocenters. The quantitative estimate of drug-likeness (QED) is 0.818. The summed E-state index contributed by atoms with van der Waals surface area (Å²) in [6.45, 7) is 4.94. The van der Waals surface area contributed by atoms with Crippen molar-refractivity contribution in [3.8, 4) is 0 Å². The molecule has 1 aromatic heterocycles. The van der Waals surface area contributed by atoms with Gasteiger partial charge >= 0.3 is 0 Å². The van der Waals surface area contributed by atoms with E-state index in [-0.39, 0.29) is 6.61 Å². The van der Waals surface area contributed by atoms with Crippen LogP contribution < -0.4 is 5.32 Å². The molecule has 2 N–H and O–H groups in total. The maximum Gasteiger partial charge on any atom is 0.0681 e. The molecule has 0 fully saturated rings. The standard InChI is InChI=1S/C15H20N2O/c1-2-17-8-4-7-15(17)11-16-10-13-5-3-6-14(9-13)12-18/h3-9,16,18H,2,10-12H2,1H3. The molecular formula is C15H20N2O. The molecule has 96 valence electrons. The molecule has 0 saturated heterocycles. The molecule has 3 heteroatoms. The minimum Gasteiger partial charge on any atom is -0.392 e. The Kier molecular flexibility index (Phi) is 4.56. The monoisotopic (exact) mass is 244 g/mol. The number of nitrogens with one attached hydrogen (secondary N) is 1. The van der Waals surface area contributed by atoms with Crippen molar-refractivity contribution in [1.29, 1.82) is 0 Å². The van der Waals surface area contributed by atoms with E-state index in [0.717, 1.165) is 25.2 Å². The van der Waals surface area contributed by atoms with Crippen molar-refractivity contribution in [2.75, 3.05) is 0 Å². The number of aliphatic hydroxyl groups is 1. The van der Waals surface area contributed by atoms with Crippen LogP contribution >= 0.6 is 0 Å². The lowest BCUT2D eigenvalue weighted by atomic mass is 10.1. The summed E-state index contributed by atoms with van der Waals surface area (Å²) >= 11 is 0. The second kappa shape index (κ2) is 6.38. The highest BCUT2D eigenvalue weighted by molar-refractivity contribution is 5.22. The van der Waals surface area contributed by atoms with Crippen LogP contribution in [0.4, 0.5) is 0 Å². The predicted molar refractivity (Wildman–Crippen MR) is 73.0 cm³/mol. The van der Waals surface area contributed by atoms with Gasteiger partial charge < -0.3 is 15.0 Å². The molecule has 3 nitrogen and oxygen atoms in total. The van der Waals surface area contributed by atoms with Crippen molar-refractivity contribution in [3.63, 3.8) is 0 Å². The average Bonchev–Trinajstić information content (AvgIpc) is 2.86. The minimum atomic E-state index is 0.104. The Labute approximate surface area is 108 Å². The van der Waals surface area contributed by atoms with Crippen LogP contribution in [-0.4, -0.2) is 9.67 Å². The summed E-state index contributed by atoms with van der Waals surface area (Å²) in [7, 11) is 0. The van der Waals surface area contributed by atoms with Gasteiger partial charge in [0.05, 0.1) is 6.61 Å². The molecule has 0 radical (unpaired) electrons. The fourth-order valence-electron chi connectivity index (χ4n) is 2.09. The number of nitrogens with zero attached hydrogens (tertiary/aromatic N) is 1. The molecule has 0 aliphatic rings. The van der Waals surface area contributed by atoms with Crippen LogP contribution in [0.15, 0.2) is 42.6 Å². The first-order valence-corrected chi connectivity index (χ1v) is 6.37. The number of rotatable bonds is 6. The molecule has 18 heavy (non-hydrogen) atoms. The molecule has 0 aliphatic carbocycles. The molecule has 0 aliphatic heterocycles. The van der Waals surface area contributed by atoms with Crippen LogP contribution in [0.5, 0.6) is 0 Å². The summed E-state index contributed by atoms with van der Waals surface area (Å²) in [4.78, 5) is 0. The van der Waals surface area contributed by atoms with Crippen LogP contribution in [0.3, 0.4) is 0 Å². The predicted octanol–water partition coefficient (Wildman–Crippen LogP) is 2.29. The van der Waals surface area contributed by atoms with Gasteiger partial charge in [0.1, 0.15) is 0 Å². The van der Waals surface area contributed by atoms with Crippen LogP contribution in [0.25, 0.3) is 0 Å². The SMILES string of the molecule is CCn1cccc1CNCc1cccc(CO)c1. The van der Waals surface area contributed by atoms with Gasteiger partial charge in [0.15, 0.2) is 0 Å². The maximum atomic E-state index is 9.08. The second-order valence-electron chi connectivity index (χ2n) is 4.37. The van der Waals surface area contributed by atoms with Gasteiger partial charge in [-0.2, -0.15) is 0 Å². The van der Waals surface area contributed by atoms with Crippen LogP contribution in [0, 0.1) is 0 Å². The topological polar surface area (TPSA) is 37.2 Å². The van der Waals surface area contributed by atoms with Crippen LogP contribution in [-0.2, 0) is 26.2 Å². The molecule has 0 amide bonds. The van der Waals surface area contributed by atoms with E-state index in [0.29, 0.717) is 0 Å². The normalized spacial score (nSPS) is 10.8. The molecule has 0 bridgehead atoms. The van der Waals surface area contributed by atoms with Crippen LogP contribution in [0.2, 0.25) is 0 Å². The van der Waals surface area contributed by atoms with Gasteiger partial charge in [-0.05, 0) is 30.2 Å². The Morgan fingerprint density at radius 1 is 1.11 bits per heavy atom. The van der Waals surface area contributed by atoms with E-state index in [4.69, 9.17) is 5.11 Å². The third-order valence-electron chi connectivity index (χ3n) is 3.07. The summed E-state index contributed by atoms with van der Waals surface area (Å²) in [5.74, 6) is 0. The lowest BCUT2D eigenvalue weighted by Gasteiger charge is -2.08. The average molecular weight is 244 g/mol. The van der Waals surface area contributed by atoms with E-state index in [9.17, 15) is 0 Å². The molecule has 0 spiro atoms. The van der Waals surface area contributed by atoms with Crippen molar-refractivity contribution in [2.24, 2.45) is 0 Å². The van der Waals surface area contributed by atoms with Crippen molar-refractivity contribution in [2.45, 2.75) is 33.2 Å². The Morgan fingerprint density at radius 3 is 2.72 bits per heavy atom. The number of benzene rings is 1. The molecular weight excluding hydrogens is 224 g/mol. The highest BCUT2D eigenvalue weighted by Gasteiger charge is 1.99. The number of hydrogen-bond acceptors (Lipinski definition) is 2. The molecule has 0 saturated carbocycles. The summed E-state index contributed by atoms with van der Waals surface area (Å²) in [6.07, 6.45) is 2.10. The number of aliphatic hydroxyl groups excluding tert-OH is 1. The zero-order chi connectivity index (χ0) is 12.8. The second-order valence-corrected chi connectivity index (χ2v) is 4.37. The van der Waals surface area contributed by atoms with Gasteiger partial charge in [-0.3, -0.25) is 0 Å². The van der Waals surface area contributed by atoms with Crippen LogP contribution in [0.1, 0.15) is 23.7 Å². The lowest BCUT2D eigenvalue weighted by molar-refractivity contribution is 0.281. The van der Waals surface area contributed by atoms with Crippen molar-refractivity contribution < 1.29 is 5.11 Å². The molecule has 0 unspecified atom stereocenters. The lowest BCUT2D eigenvalue weighted by Crippen LogP contribution is -2.15. The van der Waals surface area contributed by atoms with E-state index in [1.165, 1.54) is 11.3 Å². The Hall–Kier alpha value is -1.58. The van der Waals surface area contributed by atoms with Gasteiger partial charge in [0.25, 0.3) is 0 Å². The van der Waals surface area contributed by atoms with Crippen molar-refractivity contribution in [3.05, 3.63) is 59.4 Å². The number of aryl methyl sites for hydroxylation is 1. The first-order valence-electron chi connectivity index (χ1n) is 6.37. The van der Waals surface area contributed by atoms with Gasteiger partial charge in [-0.25, -0.2) is 0 Å². The van der Waals surface area contributed by atoms with Crippen molar-refractivity contribution >= 4 is 0 Å². The highest BCUT2D eigenvalue weighted by Crippen LogP contribution is 2.06. The van der Waals surface area contributed by atoms with Gasteiger partial charge in [0, 0.05) is 31.5 Å². The summed E-state index contributed by atoms with van der Waals surface area (Å²) in [5.41, 5.74) is 3.47. The summed E-state index contributed by atoms with van der Waals surface area (Å²) < 4.78 is 2.23. The van der Waals surface area contributed by atoms with E-state index < -0.39 is 0 Å². The van der Waals surface area contributed by atoms with Gasteiger partial charge in [-0.15, -0.1) is 0 Å². The summed E-state index contributed by atoms with van der Waals surface area (Å²) in [6, 6.07) is 12.2. The smallest absolute Gasteiger partial charge is 0.0681 e. The third kappa shape index (κ3) is 3.22. The first kappa shape index (κ1) is 12.9.